The Morgan fingerprint density at radius 3 is 1.83 bits per heavy atom. The molecule has 5 amide bonds. The van der Waals surface area contributed by atoms with Crippen LogP contribution in [0.2, 0.25) is 0 Å². The number of benzene rings is 4. The summed E-state index contributed by atoms with van der Waals surface area (Å²) < 4.78 is 5.74. The maximum Gasteiger partial charge on any atom is 0.305 e. The van der Waals surface area contributed by atoms with E-state index in [0.29, 0.717) is 11.3 Å². The second kappa shape index (κ2) is 20.6. The highest BCUT2D eigenvalue weighted by molar-refractivity contribution is 7.09. The molecule has 2 aliphatic heterocycles. The number of fused-ring (bicyclic) bond motifs is 16. The van der Waals surface area contributed by atoms with Crippen molar-refractivity contribution in [3.63, 3.8) is 0 Å². The van der Waals surface area contributed by atoms with Crippen molar-refractivity contribution in [1.29, 1.82) is 0 Å². The van der Waals surface area contributed by atoms with E-state index >= 15 is 0 Å². The fraction of sp³-hybridized carbons (Fsp3) is 0.244. The standard InChI is InChI=1S/C45H45N5O8S/c51-40-28-58-34-19-15-31(16-20-34)25-36(42(54)46-22-21-41(52)53)48-43(55)37(24-29-8-3-1-4-9-29)49-44(56)38(50-45(57)39(47-40)27-35-12-7-23-59-35)26-30-13-17-33(18-14-30)32-10-5-2-6-11-32/h1-20,23,36-39H,21-22,24-28H2,(H,46,54)(H,47,51)(H,48,55)(H,49,56)(H,50,57)(H,52,53)/t36-,37-,38+,39-/m0/s1. The fourth-order valence-electron chi connectivity index (χ4n) is 6.59. The van der Waals surface area contributed by atoms with Crippen LogP contribution in [0.4, 0.5) is 0 Å². The first-order valence-corrected chi connectivity index (χ1v) is 20.1. The summed E-state index contributed by atoms with van der Waals surface area (Å²) in [5.41, 5.74) is 4.04. The second-order valence-corrected chi connectivity index (χ2v) is 15.1. The van der Waals surface area contributed by atoms with Gasteiger partial charge in [0, 0.05) is 37.1 Å². The van der Waals surface area contributed by atoms with Crippen LogP contribution in [0, 0.1) is 0 Å². The molecule has 1 aromatic heterocycles. The minimum Gasteiger partial charge on any atom is -0.484 e. The van der Waals surface area contributed by atoms with E-state index in [9.17, 15) is 28.8 Å². The SMILES string of the molecule is O=C(O)CCNC(=O)[C@@H]1Cc2ccc(cc2)OCC(=O)N[C@@H](Cc2cccs2)C(=O)N[C@H](Cc2ccc(-c3ccccc3)cc2)C(=O)N[C@@H](Cc2ccccc2)C(=O)N1. The molecular formula is C45H45N5O8S. The van der Waals surface area contributed by atoms with E-state index in [1.54, 1.807) is 48.5 Å². The van der Waals surface area contributed by atoms with Crippen molar-refractivity contribution in [3.8, 4) is 16.9 Å². The van der Waals surface area contributed by atoms with Crippen LogP contribution in [0.5, 0.6) is 5.75 Å². The van der Waals surface area contributed by atoms with Gasteiger partial charge in [0.15, 0.2) is 6.61 Å². The molecule has 0 fully saturated rings. The lowest BCUT2D eigenvalue weighted by molar-refractivity contribution is -0.137. The Morgan fingerprint density at radius 2 is 1.22 bits per heavy atom. The summed E-state index contributed by atoms with van der Waals surface area (Å²) in [7, 11) is 0. The lowest BCUT2D eigenvalue weighted by Crippen LogP contribution is -2.59. The van der Waals surface area contributed by atoms with E-state index in [-0.39, 0.29) is 38.6 Å². The summed E-state index contributed by atoms with van der Waals surface area (Å²) in [5.74, 6) is -3.87. The van der Waals surface area contributed by atoms with Crippen LogP contribution in [0.15, 0.2) is 127 Å². The molecule has 59 heavy (non-hydrogen) atoms. The van der Waals surface area contributed by atoms with Crippen molar-refractivity contribution >= 4 is 46.8 Å². The van der Waals surface area contributed by atoms with Crippen LogP contribution in [0.3, 0.4) is 0 Å². The quantitative estimate of drug-likeness (QED) is 0.109. The highest BCUT2D eigenvalue weighted by Gasteiger charge is 2.32. The number of carbonyl (C=O) groups excluding carboxylic acids is 5. The molecule has 3 heterocycles. The Morgan fingerprint density at radius 1 is 0.644 bits per heavy atom. The van der Waals surface area contributed by atoms with Gasteiger partial charge in [0.2, 0.25) is 23.6 Å². The van der Waals surface area contributed by atoms with Gasteiger partial charge in [-0.15, -0.1) is 11.3 Å². The molecule has 2 aliphatic rings. The maximum absolute atomic E-state index is 14.5. The summed E-state index contributed by atoms with van der Waals surface area (Å²) in [6, 6.07) is 32.0. The molecule has 4 atom stereocenters. The number of rotatable bonds is 11. The minimum atomic E-state index is -1.21. The Labute approximate surface area is 345 Å². The minimum absolute atomic E-state index is 0.0134. The summed E-state index contributed by atoms with van der Waals surface area (Å²) in [6.45, 7) is -0.572. The second-order valence-electron chi connectivity index (χ2n) is 14.1. The molecule has 0 aliphatic carbocycles. The zero-order chi connectivity index (χ0) is 41.6. The summed E-state index contributed by atoms with van der Waals surface area (Å²) in [5, 5.41) is 24.9. The third-order valence-corrected chi connectivity index (χ3v) is 10.6. The Balaban J connectivity index is 1.34. The van der Waals surface area contributed by atoms with Crippen LogP contribution in [0.25, 0.3) is 11.1 Å². The van der Waals surface area contributed by atoms with E-state index in [1.165, 1.54) is 11.3 Å². The lowest BCUT2D eigenvalue weighted by Gasteiger charge is -2.27. The number of thiophene rings is 1. The molecule has 14 heteroatoms. The van der Waals surface area contributed by atoms with Crippen molar-refractivity contribution in [1.82, 2.24) is 26.6 Å². The smallest absolute Gasteiger partial charge is 0.305 e. The van der Waals surface area contributed by atoms with Crippen molar-refractivity contribution in [2.24, 2.45) is 0 Å². The van der Waals surface area contributed by atoms with Crippen molar-refractivity contribution < 1.29 is 38.6 Å². The van der Waals surface area contributed by atoms with Crippen LogP contribution in [0.1, 0.15) is 28.0 Å². The first-order chi connectivity index (χ1) is 28.6. The van der Waals surface area contributed by atoms with Gasteiger partial charge in [-0.1, -0.05) is 103 Å². The van der Waals surface area contributed by atoms with E-state index in [1.807, 2.05) is 78.2 Å². The predicted octanol–water partition coefficient (Wildman–Crippen LogP) is 3.61. The van der Waals surface area contributed by atoms with Crippen molar-refractivity contribution in [2.75, 3.05) is 13.2 Å². The third kappa shape index (κ3) is 12.6. The monoisotopic (exact) mass is 815 g/mol. The molecule has 304 valence electrons. The maximum atomic E-state index is 14.5. The molecular weight excluding hydrogens is 771 g/mol. The number of hydrogen-bond acceptors (Lipinski definition) is 8. The third-order valence-electron chi connectivity index (χ3n) is 9.69. The number of carboxylic acids is 1. The summed E-state index contributed by atoms with van der Waals surface area (Å²) >= 11 is 1.42. The molecule has 13 nitrogen and oxygen atoms in total. The highest BCUT2D eigenvalue weighted by atomic mass is 32.1. The molecule has 2 bridgehead atoms. The van der Waals surface area contributed by atoms with E-state index in [0.717, 1.165) is 27.1 Å². The van der Waals surface area contributed by atoms with Crippen LogP contribution >= 0.6 is 11.3 Å². The molecule has 5 aromatic rings. The van der Waals surface area contributed by atoms with Gasteiger partial charge in [-0.3, -0.25) is 28.8 Å². The first-order valence-electron chi connectivity index (χ1n) is 19.2. The Hall–Kier alpha value is -6.80. The highest BCUT2D eigenvalue weighted by Crippen LogP contribution is 2.21. The van der Waals surface area contributed by atoms with E-state index in [4.69, 9.17) is 9.84 Å². The van der Waals surface area contributed by atoms with Gasteiger partial charge in [-0.2, -0.15) is 0 Å². The first kappa shape index (κ1) is 41.8. The zero-order valence-electron chi connectivity index (χ0n) is 32.1. The molecule has 4 aromatic carbocycles. The van der Waals surface area contributed by atoms with Crippen LogP contribution in [-0.4, -0.2) is 77.9 Å². The van der Waals surface area contributed by atoms with Gasteiger partial charge in [0.25, 0.3) is 5.91 Å². The van der Waals surface area contributed by atoms with Gasteiger partial charge >= 0.3 is 5.97 Å². The zero-order valence-corrected chi connectivity index (χ0v) is 32.9. The fourth-order valence-corrected chi connectivity index (χ4v) is 7.34. The average molecular weight is 816 g/mol. The lowest BCUT2D eigenvalue weighted by atomic mass is 9.99. The topological polar surface area (TPSA) is 192 Å². The van der Waals surface area contributed by atoms with Gasteiger partial charge in [0.05, 0.1) is 6.42 Å². The van der Waals surface area contributed by atoms with Gasteiger partial charge in [-0.05, 0) is 51.4 Å². The number of ether oxygens (including phenoxy) is 1. The number of amides is 5. The largest absolute Gasteiger partial charge is 0.484 e. The Bertz CT molecular complexity index is 2200. The Kier molecular flexibility index (Phi) is 14.6. The number of carboxylic acid groups (broad SMARTS) is 1. The van der Waals surface area contributed by atoms with Gasteiger partial charge < -0.3 is 36.4 Å². The molecule has 0 saturated heterocycles. The van der Waals surface area contributed by atoms with E-state index in [2.05, 4.69) is 26.6 Å². The molecule has 0 spiro atoms. The molecule has 0 unspecified atom stereocenters. The molecule has 6 N–H and O–H groups in total. The summed E-state index contributed by atoms with van der Waals surface area (Å²) in [4.78, 5) is 81.7. The predicted molar refractivity (Wildman–Crippen MR) is 222 cm³/mol. The van der Waals surface area contributed by atoms with Gasteiger partial charge in [-0.25, -0.2) is 0 Å². The normalized spacial score (nSPS) is 19.1. The van der Waals surface area contributed by atoms with Gasteiger partial charge in [0.1, 0.15) is 29.9 Å². The average Bonchev–Trinajstić information content (AvgIpc) is 3.76. The van der Waals surface area contributed by atoms with Crippen LogP contribution in [-0.2, 0) is 54.5 Å². The number of aliphatic carboxylic acids is 1. The summed E-state index contributed by atoms with van der Waals surface area (Å²) in [6.07, 6.45) is -0.0769. The number of nitrogens with one attached hydrogen (secondary N) is 5. The van der Waals surface area contributed by atoms with Crippen LogP contribution < -0.4 is 31.3 Å². The molecule has 7 rings (SSSR count). The van der Waals surface area contributed by atoms with Crippen molar-refractivity contribution in [3.05, 3.63) is 148 Å². The molecule has 0 saturated carbocycles. The number of hydrogen-bond donors (Lipinski definition) is 6. The van der Waals surface area contributed by atoms with E-state index < -0.39 is 66.3 Å². The number of carbonyl (C=O) groups is 6. The molecule has 0 radical (unpaired) electrons. The van der Waals surface area contributed by atoms with Crippen molar-refractivity contribution in [2.45, 2.75) is 56.3 Å².